The van der Waals surface area contributed by atoms with Gasteiger partial charge in [-0.2, -0.15) is 0 Å². The maximum atomic E-state index is 12.7. The van der Waals surface area contributed by atoms with Gasteiger partial charge in [0.15, 0.2) is 0 Å². The summed E-state index contributed by atoms with van der Waals surface area (Å²) in [6.07, 6.45) is 0.0845. The molecule has 1 aromatic rings. The van der Waals surface area contributed by atoms with E-state index in [1.54, 1.807) is 0 Å². The third kappa shape index (κ3) is 4.97. The molecule has 0 aromatic heterocycles. The Hall–Kier alpha value is -1.95. The lowest BCUT2D eigenvalue weighted by molar-refractivity contribution is -0.136. The van der Waals surface area contributed by atoms with Crippen LogP contribution < -0.4 is 10.6 Å². The molecule has 110 valence electrons. The molecule has 1 rings (SSSR count). The number of carbonyl (C=O) groups excluding carboxylic acids is 2. The van der Waals surface area contributed by atoms with Crippen LogP contribution in [-0.4, -0.2) is 29.6 Å². The molecule has 2 amide bonds. The summed E-state index contributed by atoms with van der Waals surface area (Å²) in [4.78, 5) is 23.1. The second kappa shape index (κ2) is 7.59. The molecule has 0 radical (unpaired) electrons. The van der Waals surface area contributed by atoms with Gasteiger partial charge in [0.05, 0.1) is 6.10 Å². The van der Waals surface area contributed by atoms with Gasteiger partial charge in [-0.1, -0.05) is 20.3 Å². The third-order valence-corrected chi connectivity index (χ3v) is 3.08. The highest BCUT2D eigenvalue weighted by molar-refractivity contribution is 6.39. The van der Waals surface area contributed by atoms with E-state index in [1.807, 2.05) is 13.8 Å². The van der Waals surface area contributed by atoms with E-state index in [1.165, 1.54) is 24.3 Å². The van der Waals surface area contributed by atoms with Crippen molar-refractivity contribution >= 4 is 17.5 Å². The minimum Gasteiger partial charge on any atom is -0.391 e. The minimum atomic E-state index is -0.854. The summed E-state index contributed by atoms with van der Waals surface area (Å²) in [5.41, 5.74) is 0.328. The van der Waals surface area contributed by atoms with Crippen molar-refractivity contribution in [2.75, 3.05) is 11.9 Å². The summed E-state index contributed by atoms with van der Waals surface area (Å²) in [7, 11) is 0. The SMILES string of the molecule is CCC(C)C(O)CNC(=O)C(=O)Nc1ccc(F)cc1. The molecule has 0 spiro atoms. The number of amides is 2. The van der Waals surface area contributed by atoms with E-state index in [9.17, 15) is 19.1 Å². The van der Waals surface area contributed by atoms with Gasteiger partial charge < -0.3 is 15.7 Å². The first-order valence-electron chi connectivity index (χ1n) is 6.46. The molecule has 0 heterocycles. The quantitative estimate of drug-likeness (QED) is 0.712. The molecule has 0 aliphatic rings. The monoisotopic (exact) mass is 282 g/mol. The van der Waals surface area contributed by atoms with Crippen molar-refractivity contribution in [1.29, 1.82) is 0 Å². The van der Waals surface area contributed by atoms with Gasteiger partial charge in [0.25, 0.3) is 0 Å². The highest BCUT2D eigenvalue weighted by Gasteiger charge is 2.17. The van der Waals surface area contributed by atoms with Crippen LogP contribution in [0.5, 0.6) is 0 Å². The summed E-state index contributed by atoms with van der Waals surface area (Å²) in [6.45, 7) is 3.80. The molecular weight excluding hydrogens is 263 g/mol. The van der Waals surface area contributed by atoms with Gasteiger partial charge in [0.2, 0.25) is 0 Å². The van der Waals surface area contributed by atoms with Crippen molar-refractivity contribution in [1.82, 2.24) is 5.32 Å². The van der Waals surface area contributed by atoms with Crippen LogP contribution in [0.3, 0.4) is 0 Å². The van der Waals surface area contributed by atoms with Crippen molar-refractivity contribution in [3.8, 4) is 0 Å². The zero-order valence-electron chi connectivity index (χ0n) is 11.5. The highest BCUT2D eigenvalue weighted by Crippen LogP contribution is 2.08. The molecule has 6 heteroatoms. The normalized spacial score (nSPS) is 13.4. The molecular formula is C14H19FN2O3. The van der Waals surface area contributed by atoms with Gasteiger partial charge in [-0.15, -0.1) is 0 Å². The average Bonchev–Trinajstić information content (AvgIpc) is 2.45. The number of nitrogens with one attached hydrogen (secondary N) is 2. The van der Waals surface area contributed by atoms with E-state index < -0.39 is 23.7 Å². The lowest BCUT2D eigenvalue weighted by Gasteiger charge is -2.17. The van der Waals surface area contributed by atoms with E-state index >= 15 is 0 Å². The van der Waals surface area contributed by atoms with Crippen LogP contribution in [-0.2, 0) is 9.59 Å². The Bertz CT molecular complexity index is 462. The van der Waals surface area contributed by atoms with E-state index in [-0.39, 0.29) is 12.5 Å². The summed E-state index contributed by atoms with van der Waals surface area (Å²) in [5.74, 6) is -2.08. The molecule has 0 aliphatic heterocycles. The minimum absolute atomic E-state index is 0.0185. The number of halogens is 1. The number of carbonyl (C=O) groups is 2. The molecule has 3 N–H and O–H groups in total. The fraction of sp³-hybridized carbons (Fsp3) is 0.429. The molecule has 1 aromatic carbocycles. The van der Waals surface area contributed by atoms with Crippen LogP contribution >= 0.6 is 0 Å². The molecule has 20 heavy (non-hydrogen) atoms. The zero-order valence-corrected chi connectivity index (χ0v) is 11.5. The predicted molar refractivity (Wildman–Crippen MR) is 73.5 cm³/mol. The van der Waals surface area contributed by atoms with Crippen LogP contribution in [0, 0.1) is 11.7 Å². The maximum absolute atomic E-state index is 12.7. The van der Waals surface area contributed by atoms with Crippen LogP contribution in [0.2, 0.25) is 0 Å². The van der Waals surface area contributed by atoms with E-state index in [2.05, 4.69) is 10.6 Å². The Morgan fingerprint density at radius 2 is 1.85 bits per heavy atom. The predicted octanol–water partition coefficient (Wildman–Crippen LogP) is 1.29. The Labute approximate surface area is 117 Å². The first-order chi connectivity index (χ1) is 9.43. The van der Waals surface area contributed by atoms with Crippen molar-refractivity contribution in [3.05, 3.63) is 30.1 Å². The van der Waals surface area contributed by atoms with Crippen molar-refractivity contribution in [2.24, 2.45) is 5.92 Å². The average molecular weight is 282 g/mol. The van der Waals surface area contributed by atoms with Crippen LogP contribution in [0.4, 0.5) is 10.1 Å². The van der Waals surface area contributed by atoms with Gasteiger partial charge in [0.1, 0.15) is 5.82 Å². The van der Waals surface area contributed by atoms with Gasteiger partial charge in [-0.3, -0.25) is 9.59 Å². The van der Waals surface area contributed by atoms with E-state index in [4.69, 9.17) is 0 Å². The first-order valence-corrected chi connectivity index (χ1v) is 6.46. The molecule has 0 saturated carbocycles. The number of benzene rings is 1. The molecule has 0 fully saturated rings. The summed E-state index contributed by atoms with van der Waals surface area (Å²) < 4.78 is 12.7. The molecule has 5 nitrogen and oxygen atoms in total. The van der Waals surface area contributed by atoms with Crippen molar-refractivity contribution < 1.29 is 19.1 Å². The summed E-state index contributed by atoms with van der Waals surface area (Å²) in [5, 5.41) is 14.4. The van der Waals surface area contributed by atoms with Crippen molar-refractivity contribution in [3.63, 3.8) is 0 Å². The van der Waals surface area contributed by atoms with Crippen molar-refractivity contribution in [2.45, 2.75) is 26.4 Å². The third-order valence-electron chi connectivity index (χ3n) is 3.08. The summed E-state index contributed by atoms with van der Waals surface area (Å²) >= 11 is 0. The Balaban J connectivity index is 2.43. The number of hydrogen-bond acceptors (Lipinski definition) is 3. The number of hydrogen-bond donors (Lipinski definition) is 3. The van der Waals surface area contributed by atoms with Crippen LogP contribution in [0.15, 0.2) is 24.3 Å². The smallest absolute Gasteiger partial charge is 0.313 e. The number of aliphatic hydroxyl groups is 1. The van der Waals surface area contributed by atoms with E-state index in [0.29, 0.717) is 5.69 Å². The largest absolute Gasteiger partial charge is 0.391 e. The number of anilines is 1. The standard InChI is InChI=1S/C14H19FN2O3/c1-3-9(2)12(18)8-16-13(19)14(20)17-11-6-4-10(15)5-7-11/h4-7,9,12,18H,3,8H2,1-2H3,(H,16,19)(H,17,20). The number of aliphatic hydroxyl groups excluding tert-OH is 1. The Morgan fingerprint density at radius 3 is 2.40 bits per heavy atom. The topological polar surface area (TPSA) is 78.4 Å². The van der Waals surface area contributed by atoms with E-state index in [0.717, 1.165) is 6.42 Å². The fourth-order valence-electron chi connectivity index (χ4n) is 1.47. The lowest BCUT2D eigenvalue weighted by atomic mass is 10.0. The van der Waals surface area contributed by atoms with Crippen LogP contribution in [0.1, 0.15) is 20.3 Å². The van der Waals surface area contributed by atoms with Gasteiger partial charge >= 0.3 is 11.8 Å². The second-order valence-electron chi connectivity index (χ2n) is 4.62. The zero-order chi connectivity index (χ0) is 15.1. The number of rotatable bonds is 5. The maximum Gasteiger partial charge on any atom is 0.313 e. The highest BCUT2D eigenvalue weighted by atomic mass is 19.1. The van der Waals surface area contributed by atoms with Gasteiger partial charge in [-0.25, -0.2) is 4.39 Å². The Morgan fingerprint density at radius 1 is 1.25 bits per heavy atom. The lowest BCUT2D eigenvalue weighted by Crippen LogP contribution is -2.41. The molecule has 0 bridgehead atoms. The van der Waals surface area contributed by atoms with Crippen LogP contribution in [0.25, 0.3) is 0 Å². The fourth-order valence-corrected chi connectivity index (χ4v) is 1.47. The van der Waals surface area contributed by atoms with Gasteiger partial charge in [-0.05, 0) is 30.2 Å². The molecule has 0 saturated heterocycles. The second-order valence-corrected chi connectivity index (χ2v) is 4.62. The van der Waals surface area contributed by atoms with Gasteiger partial charge in [0, 0.05) is 12.2 Å². The Kier molecular flexibility index (Phi) is 6.11. The molecule has 2 unspecified atom stereocenters. The molecule has 2 atom stereocenters. The molecule has 0 aliphatic carbocycles. The first kappa shape index (κ1) is 16.1. The summed E-state index contributed by atoms with van der Waals surface area (Å²) in [6, 6.07) is 5.07.